The smallest absolute Gasteiger partial charge is 0.0930 e. The monoisotopic (exact) mass is 184 g/mol. The van der Waals surface area contributed by atoms with Crippen molar-refractivity contribution in [2.45, 2.75) is 0 Å². The summed E-state index contributed by atoms with van der Waals surface area (Å²) in [5.41, 5.74) is 3.82. The van der Waals surface area contributed by atoms with E-state index in [1.165, 1.54) is 0 Å². The van der Waals surface area contributed by atoms with Crippen LogP contribution in [0.5, 0.6) is 0 Å². The van der Waals surface area contributed by atoms with Gasteiger partial charge < -0.3 is 5.32 Å². The molecule has 1 aliphatic rings. The van der Waals surface area contributed by atoms with Gasteiger partial charge in [-0.15, -0.1) is 0 Å². The standard InChI is InChI=1S/C10H8N4/c1-6-8-3-9-7(4-13-14-9)2-10(8)12-5-11-6/h2-5H,1H2,(H,11,12)(H,13,14). The zero-order valence-corrected chi connectivity index (χ0v) is 7.41. The third-order valence-electron chi connectivity index (χ3n) is 2.32. The predicted octanol–water partition coefficient (Wildman–Crippen LogP) is 1.80. The lowest BCUT2D eigenvalue weighted by Crippen LogP contribution is -2.11. The largest absolute Gasteiger partial charge is 0.346 e. The molecule has 2 aromatic rings. The van der Waals surface area contributed by atoms with Crippen LogP contribution in [0, 0.1) is 0 Å². The van der Waals surface area contributed by atoms with Gasteiger partial charge >= 0.3 is 0 Å². The predicted molar refractivity (Wildman–Crippen MR) is 56.4 cm³/mol. The highest BCUT2D eigenvalue weighted by Gasteiger charge is 2.10. The number of aromatic nitrogens is 2. The van der Waals surface area contributed by atoms with Gasteiger partial charge in [0.05, 0.1) is 23.7 Å². The Balaban J connectivity index is 2.39. The number of fused-ring (bicyclic) bond motifs is 2. The van der Waals surface area contributed by atoms with Crippen molar-refractivity contribution in [1.29, 1.82) is 0 Å². The number of nitrogens with zero attached hydrogens (tertiary/aromatic N) is 2. The first-order valence-electron chi connectivity index (χ1n) is 4.30. The van der Waals surface area contributed by atoms with E-state index in [1.54, 1.807) is 12.5 Å². The zero-order chi connectivity index (χ0) is 9.54. The molecule has 0 bridgehead atoms. The highest BCUT2D eigenvalue weighted by Crippen LogP contribution is 2.30. The van der Waals surface area contributed by atoms with Crippen LogP contribution in [-0.4, -0.2) is 16.5 Å². The molecule has 0 amide bonds. The molecule has 4 heteroatoms. The van der Waals surface area contributed by atoms with Crippen LogP contribution in [0.1, 0.15) is 5.56 Å². The molecule has 0 spiro atoms. The highest BCUT2D eigenvalue weighted by atomic mass is 15.1. The van der Waals surface area contributed by atoms with Gasteiger partial charge in [0.1, 0.15) is 0 Å². The minimum atomic E-state index is 0.867. The van der Waals surface area contributed by atoms with E-state index in [0.717, 1.165) is 27.9 Å². The van der Waals surface area contributed by atoms with E-state index < -0.39 is 0 Å². The maximum Gasteiger partial charge on any atom is 0.0930 e. The molecule has 0 atom stereocenters. The van der Waals surface area contributed by atoms with Crippen LogP contribution in [0.25, 0.3) is 16.6 Å². The highest BCUT2D eigenvalue weighted by molar-refractivity contribution is 5.93. The number of aromatic amines is 1. The molecule has 2 heterocycles. The molecular weight excluding hydrogens is 176 g/mol. The molecule has 0 aliphatic carbocycles. The van der Waals surface area contributed by atoms with Gasteiger partial charge in [-0.1, -0.05) is 6.58 Å². The Morgan fingerprint density at radius 1 is 1.29 bits per heavy atom. The fraction of sp³-hybridized carbons (Fsp3) is 0. The Labute approximate surface area is 80.4 Å². The lowest BCUT2D eigenvalue weighted by atomic mass is 10.1. The SMILES string of the molecule is C=C1NC=Nc2cc3cn[nH]c3cc21. The number of rotatable bonds is 0. The summed E-state index contributed by atoms with van der Waals surface area (Å²) in [5.74, 6) is 0. The summed E-state index contributed by atoms with van der Waals surface area (Å²) >= 11 is 0. The average Bonchev–Trinajstić information content (AvgIpc) is 2.62. The van der Waals surface area contributed by atoms with Crippen LogP contribution < -0.4 is 5.32 Å². The van der Waals surface area contributed by atoms with Gasteiger partial charge in [-0.3, -0.25) is 5.10 Å². The molecule has 0 fully saturated rings. The van der Waals surface area contributed by atoms with E-state index >= 15 is 0 Å². The Hall–Kier alpha value is -2.10. The number of hydrogen-bond acceptors (Lipinski definition) is 3. The van der Waals surface area contributed by atoms with E-state index in [-0.39, 0.29) is 0 Å². The molecule has 68 valence electrons. The van der Waals surface area contributed by atoms with Crippen molar-refractivity contribution in [2.75, 3.05) is 0 Å². The first-order valence-corrected chi connectivity index (χ1v) is 4.30. The summed E-state index contributed by atoms with van der Waals surface area (Å²) in [6, 6.07) is 4.00. The third kappa shape index (κ3) is 0.877. The van der Waals surface area contributed by atoms with Crippen LogP contribution in [0.15, 0.2) is 29.9 Å². The zero-order valence-electron chi connectivity index (χ0n) is 7.41. The molecule has 1 aromatic carbocycles. The fourth-order valence-corrected chi connectivity index (χ4v) is 1.59. The van der Waals surface area contributed by atoms with Crippen molar-refractivity contribution in [1.82, 2.24) is 15.5 Å². The fourth-order valence-electron chi connectivity index (χ4n) is 1.59. The van der Waals surface area contributed by atoms with Crippen molar-refractivity contribution in [2.24, 2.45) is 4.99 Å². The van der Waals surface area contributed by atoms with Gasteiger partial charge in [0.2, 0.25) is 0 Å². The lowest BCUT2D eigenvalue weighted by molar-refractivity contribution is 1.12. The van der Waals surface area contributed by atoms with Crippen molar-refractivity contribution < 1.29 is 0 Å². The maximum absolute atomic E-state index is 4.23. The van der Waals surface area contributed by atoms with E-state index in [9.17, 15) is 0 Å². The first kappa shape index (κ1) is 7.32. The maximum atomic E-state index is 4.23. The summed E-state index contributed by atoms with van der Waals surface area (Å²) in [6.07, 6.45) is 3.44. The van der Waals surface area contributed by atoms with Gasteiger partial charge in [-0.05, 0) is 12.1 Å². The summed E-state index contributed by atoms with van der Waals surface area (Å²) in [7, 11) is 0. The average molecular weight is 184 g/mol. The number of nitrogens with one attached hydrogen (secondary N) is 2. The summed E-state index contributed by atoms with van der Waals surface area (Å²) in [4.78, 5) is 4.23. The number of benzene rings is 1. The molecule has 0 saturated heterocycles. The molecule has 0 unspecified atom stereocenters. The van der Waals surface area contributed by atoms with Gasteiger partial charge in [-0.25, -0.2) is 4.99 Å². The molecule has 1 aliphatic heterocycles. The molecule has 2 N–H and O–H groups in total. The van der Waals surface area contributed by atoms with Crippen molar-refractivity contribution >= 4 is 28.6 Å². The molecule has 3 rings (SSSR count). The molecule has 0 radical (unpaired) electrons. The minimum Gasteiger partial charge on any atom is -0.346 e. The van der Waals surface area contributed by atoms with Gasteiger partial charge in [0, 0.05) is 16.6 Å². The Bertz CT molecular complexity index is 550. The summed E-state index contributed by atoms with van der Waals surface area (Å²) in [6.45, 7) is 3.91. The minimum absolute atomic E-state index is 0.867. The van der Waals surface area contributed by atoms with Crippen LogP contribution in [0.2, 0.25) is 0 Å². The normalized spacial score (nSPS) is 14.1. The topological polar surface area (TPSA) is 53.1 Å². The number of aliphatic imine (C=N–C) groups is 1. The summed E-state index contributed by atoms with van der Waals surface area (Å²) in [5, 5.41) is 10.9. The van der Waals surface area contributed by atoms with Crippen LogP contribution in [0.3, 0.4) is 0 Å². The second-order valence-corrected chi connectivity index (χ2v) is 3.21. The van der Waals surface area contributed by atoms with Crippen LogP contribution >= 0.6 is 0 Å². The Morgan fingerprint density at radius 2 is 2.21 bits per heavy atom. The van der Waals surface area contributed by atoms with Gasteiger partial charge in [0.15, 0.2) is 0 Å². The number of hydrogen-bond donors (Lipinski definition) is 2. The van der Waals surface area contributed by atoms with Crippen molar-refractivity contribution in [3.63, 3.8) is 0 Å². The van der Waals surface area contributed by atoms with Gasteiger partial charge in [0.25, 0.3) is 0 Å². The molecule has 1 aromatic heterocycles. The molecule has 0 saturated carbocycles. The van der Waals surface area contributed by atoms with E-state index in [4.69, 9.17) is 0 Å². The van der Waals surface area contributed by atoms with E-state index in [1.807, 2.05) is 12.1 Å². The second kappa shape index (κ2) is 2.45. The van der Waals surface area contributed by atoms with Crippen molar-refractivity contribution in [3.05, 3.63) is 30.5 Å². The molecule has 14 heavy (non-hydrogen) atoms. The van der Waals surface area contributed by atoms with Crippen molar-refractivity contribution in [3.8, 4) is 0 Å². The third-order valence-corrected chi connectivity index (χ3v) is 2.32. The Morgan fingerprint density at radius 3 is 3.14 bits per heavy atom. The molecular formula is C10H8N4. The van der Waals surface area contributed by atoms with Gasteiger partial charge in [-0.2, -0.15) is 5.10 Å². The van der Waals surface area contributed by atoms with E-state index in [0.29, 0.717) is 0 Å². The van der Waals surface area contributed by atoms with Crippen LogP contribution in [-0.2, 0) is 0 Å². The molecule has 4 nitrogen and oxygen atoms in total. The second-order valence-electron chi connectivity index (χ2n) is 3.21. The Kier molecular flexibility index (Phi) is 1.28. The quantitative estimate of drug-likeness (QED) is 0.655. The number of H-pyrrole nitrogens is 1. The lowest BCUT2D eigenvalue weighted by Gasteiger charge is -2.13. The first-order chi connectivity index (χ1) is 6.84. The van der Waals surface area contributed by atoms with E-state index in [2.05, 4.69) is 27.1 Å². The summed E-state index contributed by atoms with van der Waals surface area (Å²) < 4.78 is 0. The van der Waals surface area contributed by atoms with Crippen LogP contribution in [0.4, 0.5) is 5.69 Å².